The number of halogens is 3. The van der Waals surface area contributed by atoms with Gasteiger partial charge in [0.2, 0.25) is 0 Å². The van der Waals surface area contributed by atoms with Crippen LogP contribution in [-0.4, -0.2) is 6.54 Å². The number of benzene rings is 1. The Morgan fingerprint density at radius 1 is 1.32 bits per heavy atom. The van der Waals surface area contributed by atoms with Crippen molar-refractivity contribution in [1.82, 2.24) is 5.32 Å². The zero-order valence-corrected chi connectivity index (χ0v) is 13.0. The molecule has 1 aromatic heterocycles. The van der Waals surface area contributed by atoms with Crippen LogP contribution in [0.2, 0.25) is 0 Å². The Bertz CT molecular complexity index is 563. The van der Waals surface area contributed by atoms with Gasteiger partial charge in [0.15, 0.2) is 0 Å². The van der Waals surface area contributed by atoms with Crippen LogP contribution in [0.4, 0.5) is 8.78 Å². The standard InChI is InChI=1S/C14H14BrF2NS/c1-3-18-13(14-9(15)7-8(2)19-14)12-10(16)5-4-6-11(12)17/h4-7,13,18H,3H2,1-2H3. The zero-order chi connectivity index (χ0) is 14.0. The molecule has 2 rings (SSSR count). The number of hydrogen-bond acceptors (Lipinski definition) is 2. The molecular formula is C14H14BrF2NS. The highest BCUT2D eigenvalue weighted by molar-refractivity contribution is 9.10. The fraction of sp³-hybridized carbons (Fsp3) is 0.286. The van der Waals surface area contributed by atoms with Crippen LogP contribution >= 0.6 is 27.3 Å². The van der Waals surface area contributed by atoms with E-state index in [0.29, 0.717) is 6.54 Å². The summed E-state index contributed by atoms with van der Waals surface area (Å²) in [6.07, 6.45) is 0. The summed E-state index contributed by atoms with van der Waals surface area (Å²) >= 11 is 4.99. The van der Waals surface area contributed by atoms with Crippen LogP contribution in [0.3, 0.4) is 0 Å². The molecule has 0 aliphatic rings. The number of rotatable bonds is 4. The van der Waals surface area contributed by atoms with E-state index in [2.05, 4.69) is 21.2 Å². The van der Waals surface area contributed by atoms with E-state index in [1.165, 1.54) is 29.5 Å². The molecule has 0 spiro atoms. The highest BCUT2D eigenvalue weighted by atomic mass is 79.9. The van der Waals surface area contributed by atoms with E-state index in [0.717, 1.165) is 14.2 Å². The van der Waals surface area contributed by atoms with Gasteiger partial charge in [0.05, 0.1) is 6.04 Å². The normalized spacial score (nSPS) is 12.7. The first-order chi connectivity index (χ1) is 9.04. The lowest BCUT2D eigenvalue weighted by Gasteiger charge is -2.19. The minimum atomic E-state index is -0.524. The van der Waals surface area contributed by atoms with Gasteiger partial charge in [0, 0.05) is 19.8 Å². The minimum Gasteiger partial charge on any atom is -0.306 e. The number of hydrogen-bond donors (Lipinski definition) is 1. The topological polar surface area (TPSA) is 12.0 Å². The molecule has 1 atom stereocenters. The van der Waals surface area contributed by atoms with Crippen LogP contribution in [0, 0.1) is 18.6 Å². The van der Waals surface area contributed by atoms with Crippen LogP contribution in [0.15, 0.2) is 28.7 Å². The lowest BCUT2D eigenvalue weighted by atomic mass is 10.0. The fourth-order valence-electron chi connectivity index (χ4n) is 2.01. The van der Waals surface area contributed by atoms with Crippen LogP contribution in [-0.2, 0) is 0 Å². The lowest BCUT2D eigenvalue weighted by molar-refractivity contribution is 0.513. The molecule has 1 N–H and O–H groups in total. The van der Waals surface area contributed by atoms with E-state index >= 15 is 0 Å². The summed E-state index contributed by atoms with van der Waals surface area (Å²) in [5.41, 5.74) is 0.0758. The average molecular weight is 346 g/mol. The molecule has 0 amide bonds. The third-order valence-corrected chi connectivity index (χ3v) is 4.83. The first kappa shape index (κ1) is 14.6. The van der Waals surface area contributed by atoms with E-state index in [1.807, 2.05) is 19.9 Å². The highest BCUT2D eigenvalue weighted by Gasteiger charge is 2.24. The fourth-order valence-corrected chi connectivity index (χ4v) is 3.98. The Kier molecular flexibility index (Phi) is 4.71. The molecule has 0 aliphatic carbocycles. The molecule has 0 saturated carbocycles. The monoisotopic (exact) mass is 345 g/mol. The Hall–Kier alpha value is -0.780. The Morgan fingerprint density at radius 3 is 2.42 bits per heavy atom. The van der Waals surface area contributed by atoms with Gasteiger partial charge in [-0.15, -0.1) is 11.3 Å². The summed E-state index contributed by atoms with van der Waals surface area (Å²) < 4.78 is 28.8. The molecule has 0 bridgehead atoms. The lowest BCUT2D eigenvalue weighted by Crippen LogP contribution is -2.23. The van der Waals surface area contributed by atoms with E-state index in [-0.39, 0.29) is 5.56 Å². The maximum absolute atomic E-state index is 14.0. The molecule has 0 fully saturated rings. The average Bonchev–Trinajstić information content (AvgIpc) is 2.67. The molecule has 102 valence electrons. The molecule has 1 unspecified atom stereocenters. The maximum atomic E-state index is 14.0. The Labute approximate surface area is 123 Å². The van der Waals surface area contributed by atoms with Gasteiger partial charge in [-0.1, -0.05) is 13.0 Å². The van der Waals surface area contributed by atoms with Crippen LogP contribution in [0.1, 0.15) is 28.3 Å². The third-order valence-electron chi connectivity index (χ3n) is 2.80. The molecule has 5 heteroatoms. The van der Waals surface area contributed by atoms with Crippen LogP contribution in [0.25, 0.3) is 0 Å². The van der Waals surface area contributed by atoms with Crippen molar-refractivity contribution < 1.29 is 8.78 Å². The number of aryl methyl sites for hydroxylation is 1. The van der Waals surface area contributed by atoms with Crippen molar-refractivity contribution >= 4 is 27.3 Å². The SMILES string of the molecule is CCNC(c1sc(C)cc1Br)c1c(F)cccc1F. The molecule has 0 saturated heterocycles. The molecule has 1 heterocycles. The Morgan fingerprint density at radius 2 is 1.95 bits per heavy atom. The van der Waals surface area contributed by atoms with Crippen molar-refractivity contribution in [3.8, 4) is 0 Å². The quantitative estimate of drug-likeness (QED) is 0.839. The van der Waals surface area contributed by atoms with Crippen molar-refractivity contribution in [2.45, 2.75) is 19.9 Å². The van der Waals surface area contributed by atoms with E-state index in [1.54, 1.807) is 0 Å². The maximum Gasteiger partial charge on any atom is 0.131 e. The number of nitrogens with one attached hydrogen (secondary N) is 1. The summed E-state index contributed by atoms with van der Waals surface area (Å²) in [5.74, 6) is -1.05. The second-order valence-electron chi connectivity index (χ2n) is 4.20. The zero-order valence-electron chi connectivity index (χ0n) is 10.6. The molecular weight excluding hydrogens is 332 g/mol. The van der Waals surface area contributed by atoms with Crippen molar-refractivity contribution in [1.29, 1.82) is 0 Å². The first-order valence-electron chi connectivity index (χ1n) is 5.97. The van der Waals surface area contributed by atoms with Gasteiger partial charge in [0.25, 0.3) is 0 Å². The number of thiophene rings is 1. The van der Waals surface area contributed by atoms with Gasteiger partial charge < -0.3 is 5.32 Å². The summed E-state index contributed by atoms with van der Waals surface area (Å²) in [6, 6.07) is 5.45. The molecule has 2 aromatic rings. The second kappa shape index (κ2) is 6.11. The largest absolute Gasteiger partial charge is 0.306 e. The van der Waals surface area contributed by atoms with Gasteiger partial charge in [-0.2, -0.15) is 0 Å². The molecule has 1 aromatic carbocycles. The van der Waals surface area contributed by atoms with Gasteiger partial charge in [-0.25, -0.2) is 8.78 Å². The predicted molar refractivity (Wildman–Crippen MR) is 78.6 cm³/mol. The van der Waals surface area contributed by atoms with Crippen molar-refractivity contribution in [3.63, 3.8) is 0 Å². The second-order valence-corrected chi connectivity index (χ2v) is 6.34. The highest BCUT2D eigenvalue weighted by Crippen LogP contribution is 2.37. The first-order valence-corrected chi connectivity index (χ1v) is 7.58. The van der Waals surface area contributed by atoms with Crippen molar-refractivity contribution in [3.05, 3.63) is 55.7 Å². The van der Waals surface area contributed by atoms with Gasteiger partial charge in [-0.05, 0) is 47.6 Å². The van der Waals surface area contributed by atoms with Crippen LogP contribution in [0.5, 0.6) is 0 Å². The van der Waals surface area contributed by atoms with Gasteiger partial charge >= 0.3 is 0 Å². The smallest absolute Gasteiger partial charge is 0.131 e. The Balaban J connectivity index is 2.54. The van der Waals surface area contributed by atoms with Crippen LogP contribution < -0.4 is 5.32 Å². The predicted octanol–water partition coefficient (Wildman–Crippen LogP) is 4.80. The summed E-state index contributed by atoms with van der Waals surface area (Å²) in [6.45, 7) is 4.52. The summed E-state index contributed by atoms with van der Waals surface area (Å²) in [7, 11) is 0. The van der Waals surface area contributed by atoms with Crippen molar-refractivity contribution in [2.75, 3.05) is 6.54 Å². The van der Waals surface area contributed by atoms with E-state index in [4.69, 9.17) is 0 Å². The molecule has 0 radical (unpaired) electrons. The minimum absolute atomic E-state index is 0.0758. The van der Waals surface area contributed by atoms with E-state index in [9.17, 15) is 8.78 Å². The summed E-state index contributed by atoms with van der Waals surface area (Å²) in [5, 5.41) is 3.15. The molecule has 19 heavy (non-hydrogen) atoms. The van der Waals surface area contributed by atoms with E-state index < -0.39 is 17.7 Å². The molecule has 1 nitrogen and oxygen atoms in total. The van der Waals surface area contributed by atoms with Gasteiger partial charge in [0.1, 0.15) is 11.6 Å². The summed E-state index contributed by atoms with van der Waals surface area (Å²) in [4.78, 5) is 1.99. The third kappa shape index (κ3) is 3.04. The molecule has 0 aliphatic heterocycles. The van der Waals surface area contributed by atoms with Crippen molar-refractivity contribution in [2.24, 2.45) is 0 Å². The van der Waals surface area contributed by atoms with Gasteiger partial charge in [-0.3, -0.25) is 0 Å².